The molecule has 0 unspecified atom stereocenters. The van der Waals surface area contributed by atoms with Crippen LogP contribution >= 0.6 is 28.1 Å². The van der Waals surface area contributed by atoms with Crippen LogP contribution in [0.3, 0.4) is 0 Å². The highest BCUT2D eigenvalue weighted by molar-refractivity contribution is 9.10. The fourth-order valence-electron chi connectivity index (χ4n) is 2.25. The number of pyridine rings is 1. The lowest BCUT2D eigenvalue weighted by atomic mass is 9.89. The molecule has 0 aliphatic carbocycles. The second-order valence-corrected chi connectivity index (χ2v) is 8.23. The van der Waals surface area contributed by atoms with Crippen LogP contribution in [0.4, 0.5) is 0 Å². The van der Waals surface area contributed by atoms with Crippen molar-refractivity contribution >= 4 is 43.2 Å². The fourth-order valence-corrected chi connectivity index (χ4v) is 4.52. The summed E-state index contributed by atoms with van der Waals surface area (Å²) in [5.74, 6) is 0. The Morgan fingerprint density at radius 2 is 2.10 bits per heavy atom. The van der Waals surface area contributed by atoms with Crippen LogP contribution in [0.15, 0.2) is 27.8 Å². The van der Waals surface area contributed by atoms with Crippen LogP contribution in [0, 0.1) is 0 Å². The maximum absolute atomic E-state index is 12.5. The molecule has 0 spiro atoms. The topological polar surface area (TPSA) is 88.3 Å². The first-order chi connectivity index (χ1) is 9.75. The number of rotatable bonds is 4. The highest BCUT2D eigenvalue weighted by atomic mass is 79.9. The number of aromatic nitrogens is 1. The predicted molar refractivity (Wildman–Crippen MR) is 88.5 cm³/mol. The fraction of sp³-hybridized carbons (Fsp3) is 0.500. The molecule has 1 aliphatic rings. The summed E-state index contributed by atoms with van der Waals surface area (Å²) in [5, 5.41) is 0. The number of hydrogen-bond acceptors (Lipinski definition) is 5. The van der Waals surface area contributed by atoms with E-state index in [1.165, 1.54) is 18.5 Å². The molecule has 0 amide bonds. The highest BCUT2D eigenvalue weighted by Crippen LogP contribution is 2.25. The minimum Gasteiger partial charge on any atom is -0.392 e. The molecule has 2 rings (SSSR count). The minimum atomic E-state index is -3.73. The Kier molecular flexibility index (Phi) is 4.99. The van der Waals surface area contributed by atoms with E-state index in [0.29, 0.717) is 17.3 Å². The first-order valence-corrected chi connectivity index (χ1v) is 9.07. The monoisotopic (exact) mass is 392 g/mol. The van der Waals surface area contributed by atoms with Crippen molar-refractivity contribution in [3.8, 4) is 0 Å². The van der Waals surface area contributed by atoms with E-state index in [-0.39, 0.29) is 9.88 Å². The summed E-state index contributed by atoms with van der Waals surface area (Å²) in [4.78, 5) is 6.27. The van der Waals surface area contributed by atoms with Gasteiger partial charge in [0.05, 0.1) is 10.5 Å². The first kappa shape index (κ1) is 16.8. The Labute approximate surface area is 138 Å². The summed E-state index contributed by atoms with van der Waals surface area (Å²) < 4.78 is 28.4. The second kappa shape index (κ2) is 6.25. The van der Waals surface area contributed by atoms with Gasteiger partial charge in [0.15, 0.2) is 0 Å². The zero-order valence-electron chi connectivity index (χ0n) is 11.5. The normalized spacial score (nSPS) is 19.3. The molecular weight excluding hydrogens is 376 g/mol. The van der Waals surface area contributed by atoms with Crippen LogP contribution in [0.5, 0.6) is 0 Å². The van der Waals surface area contributed by atoms with Crippen LogP contribution in [0.1, 0.15) is 12.8 Å². The number of nitrogens with two attached hydrogens (primary N) is 1. The van der Waals surface area contributed by atoms with Gasteiger partial charge in [-0.15, -0.1) is 0 Å². The zero-order valence-corrected chi connectivity index (χ0v) is 14.8. The van der Waals surface area contributed by atoms with Crippen molar-refractivity contribution in [1.29, 1.82) is 0 Å². The van der Waals surface area contributed by atoms with Crippen LogP contribution in [0.25, 0.3) is 0 Å². The molecule has 6 nitrogen and oxygen atoms in total. The van der Waals surface area contributed by atoms with Crippen molar-refractivity contribution in [2.45, 2.75) is 23.3 Å². The molecule has 1 saturated heterocycles. The SMILES string of the molecule is CN1CCC(NS(=O)(=O)c2cncc(Br)c2)(C(N)=S)CC1. The molecule has 0 atom stereocenters. The van der Waals surface area contributed by atoms with E-state index in [1.807, 2.05) is 7.05 Å². The number of piperidine rings is 1. The molecule has 116 valence electrons. The first-order valence-electron chi connectivity index (χ1n) is 6.38. The van der Waals surface area contributed by atoms with E-state index in [1.54, 1.807) is 0 Å². The molecule has 3 N–H and O–H groups in total. The Morgan fingerprint density at radius 3 is 2.62 bits per heavy atom. The van der Waals surface area contributed by atoms with Gasteiger partial charge >= 0.3 is 0 Å². The lowest BCUT2D eigenvalue weighted by Crippen LogP contribution is -2.61. The van der Waals surface area contributed by atoms with Gasteiger partial charge in [-0.2, -0.15) is 4.72 Å². The number of halogens is 1. The van der Waals surface area contributed by atoms with E-state index in [0.717, 1.165) is 13.1 Å². The van der Waals surface area contributed by atoms with Crippen LogP contribution in [0.2, 0.25) is 0 Å². The number of nitrogens with zero attached hydrogens (tertiary/aromatic N) is 2. The van der Waals surface area contributed by atoms with Gasteiger partial charge in [-0.25, -0.2) is 8.42 Å². The van der Waals surface area contributed by atoms with Crippen molar-refractivity contribution in [3.05, 3.63) is 22.9 Å². The van der Waals surface area contributed by atoms with E-state index >= 15 is 0 Å². The van der Waals surface area contributed by atoms with E-state index in [4.69, 9.17) is 18.0 Å². The highest BCUT2D eigenvalue weighted by Gasteiger charge is 2.40. The Hall–Kier alpha value is -0.610. The second-order valence-electron chi connectivity index (χ2n) is 5.19. The van der Waals surface area contributed by atoms with Crippen LogP contribution < -0.4 is 10.5 Å². The van der Waals surface area contributed by atoms with Crippen molar-refractivity contribution in [2.75, 3.05) is 20.1 Å². The van der Waals surface area contributed by atoms with Gasteiger partial charge in [-0.05, 0) is 41.9 Å². The average molecular weight is 393 g/mol. The van der Waals surface area contributed by atoms with E-state index in [9.17, 15) is 8.42 Å². The van der Waals surface area contributed by atoms with Crippen LogP contribution in [-0.2, 0) is 10.0 Å². The Bertz CT molecular complexity index is 642. The molecular formula is C12H17BrN4O2S2. The Morgan fingerprint density at radius 1 is 1.48 bits per heavy atom. The predicted octanol–water partition coefficient (Wildman–Crippen LogP) is 0.873. The number of sulfonamides is 1. The van der Waals surface area contributed by atoms with Gasteiger partial charge in [0.25, 0.3) is 0 Å². The number of hydrogen-bond donors (Lipinski definition) is 2. The molecule has 1 aromatic rings. The minimum absolute atomic E-state index is 0.0893. The van der Waals surface area contributed by atoms with Crippen molar-refractivity contribution in [1.82, 2.24) is 14.6 Å². The van der Waals surface area contributed by atoms with Crippen molar-refractivity contribution in [2.24, 2.45) is 5.73 Å². The summed E-state index contributed by atoms with van der Waals surface area (Å²) in [6, 6.07) is 1.50. The largest absolute Gasteiger partial charge is 0.392 e. The quantitative estimate of drug-likeness (QED) is 0.739. The van der Waals surface area contributed by atoms with Crippen molar-refractivity contribution in [3.63, 3.8) is 0 Å². The number of nitrogens with one attached hydrogen (secondary N) is 1. The molecule has 9 heteroatoms. The Balaban J connectivity index is 2.30. The third-order valence-electron chi connectivity index (χ3n) is 3.63. The zero-order chi connectivity index (χ0) is 15.7. The summed E-state index contributed by atoms with van der Waals surface area (Å²) >= 11 is 8.34. The maximum atomic E-state index is 12.5. The maximum Gasteiger partial charge on any atom is 0.243 e. The van der Waals surface area contributed by atoms with Gasteiger partial charge in [0, 0.05) is 30.0 Å². The van der Waals surface area contributed by atoms with E-state index < -0.39 is 15.6 Å². The molecule has 1 aliphatic heterocycles. The molecule has 21 heavy (non-hydrogen) atoms. The van der Waals surface area contributed by atoms with Crippen LogP contribution in [-0.4, -0.2) is 49.0 Å². The molecule has 0 aromatic carbocycles. The summed E-state index contributed by atoms with van der Waals surface area (Å²) in [7, 11) is -1.75. The summed E-state index contributed by atoms with van der Waals surface area (Å²) in [5.41, 5.74) is 4.95. The van der Waals surface area contributed by atoms with Gasteiger partial charge in [0.1, 0.15) is 4.90 Å². The smallest absolute Gasteiger partial charge is 0.243 e. The van der Waals surface area contributed by atoms with Gasteiger partial charge < -0.3 is 10.6 Å². The lowest BCUT2D eigenvalue weighted by Gasteiger charge is -2.40. The van der Waals surface area contributed by atoms with Crippen molar-refractivity contribution < 1.29 is 8.42 Å². The molecule has 0 radical (unpaired) electrons. The molecule has 1 fully saturated rings. The summed E-state index contributed by atoms with van der Waals surface area (Å²) in [6.45, 7) is 1.47. The average Bonchev–Trinajstić information content (AvgIpc) is 2.41. The third kappa shape index (κ3) is 3.78. The lowest BCUT2D eigenvalue weighted by molar-refractivity contribution is 0.220. The van der Waals surface area contributed by atoms with Gasteiger partial charge in [-0.3, -0.25) is 4.98 Å². The molecule has 0 saturated carbocycles. The van der Waals surface area contributed by atoms with Gasteiger partial charge in [0.2, 0.25) is 10.0 Å². The molecule has 1 aromatic heterocycles. The number of thiocarbonyl (C=S) groups is 1. The van der Waals surface area contributed by atoms with Gasteiger partial charge in [-0.1, -0.05) is 12.2 Å². The number of likely N-dealkylation sites (tertiary alicyclic amines) is 1. The molecule has 0 bridgehead atoms. The van der Waals surface area contributed by atoms with E-state index in [2.05, 4.69) is 30.5 Å². The summed E-state index contributed by atoms with van der Waals surface area (Å²) in [6.07, 6.45) is 3.94. The standard InChI is InChI=1S/C12H17BrN4O2S2/c1-17-4-2-12(3-5-17,11(14)20)16-21(18,19)10-6-9(13)7-15-8-10/h6-8,16H,2-5H2,1H3,(H2,14,20). The third-order valence-corrected chi connectivity index (χ3v) is 5.96. The molecule has 2 heterocycles.